The predicted molar refractivity (Wildman–Crippen MR) is 43.1 cm³/mol. The van der Waals surface area contributed by atoms with E-state index in [4.69, 9.17) is 5.11 Å². The van der Waals surface area contributed by atoms with Gasteiger partial charge in [0.05, 0.1) is 6.61 Å². The second kappa shape index (κ2) is 5.65. The number of piperazine rings is 1. The Morgan fingerprint density at radius 1 is 1.30 bits per heavy atom. The van der Waals surface area contributed by atoms with E-state index in [9.17, 15) is 0 Å². The summed E-state index contributed by atoms with van der Waals surface area (Å²) in [7, 11) is 0. The third kappa shape index (κ3) is 3.15. The number of nitrogens with one attached hydrogen (secondary N) is 1. The van der Waals surface area contributed by atoms with Crippen LogP contribution >= 0.6 is 0 Å². The van der Waals surface area contributed by atoms with Crippen molar-refractivity contribution < 1.29 is 5.11 Å². The lowest BCUT2D eigenvalue weighted by Gasteiger charge is -2.25. The van der Waals surface area contributed by atoms with Crippen LogP contribution in [0.3, 0.4) is 0 Å². The molecule has 0 aromatic rings. The lowest BCUT2D eigenvalue weighted by atomic mass is 10.4. The molecule has 0 spiro atoms. The van der Waals surface area contributed by atoms with Crippen molar-refractivity contribution in [2.24, 2.45) is 0 Å². The quantitative estimate of drug-likeness (QED) is 0.552. The van der Waals surface area contributed by atoms with Gasteiger partial charge in [0.25, 0.3) is 0 Å². The number of rotatable bonds is 2. The Morgan fingerprint density at radius 3 is 2.40 bits per heavy atom. The van der Waals surface area contributed by atoms with Crippen LogP contribution in [0.2, 0.25) is 0 Å². The Bertz CT molecular complexity index is 69.3. The molecule has 10 heavy (non-hydrogen) atoms. The molecular weight excluding hydrogens is 128 g/mol. The van der Waals surface area contributed by atoms with Gasteiger partial charge in [-0.25, -0.2) is 0 Å². The molecule has 1 aliphatic heterocycles. The second-order valence-electron chi connectivity index (χ2n) is 2.32. The molecule has 3 nitrogen and oxygen atoms in total. The Hall–Kier alpha value is -0.120. The Balaban J connectivity index is 0.000000810. The first kappa shape index (κ1) is 9.88. The molecule has 0 aromatic heterocycles. The highest BCUT2D eigenvalue weighted by atomic mass is 16.3. The number of hydrogen-bond acceptors (Lipinski definition) is 3. The zero-order chi connectivity index (χ0) is 6.53. The average Bonchev–Trinajstić information content (AvgIpc) is 1.91. The second-order valence-corrected chi connectivity index (χ2v) is 2.32. The molecule has 0 saturated carbocycles. The number of aliphatic hydroxyl groups excluding tert-OH is 1. The molecule has 0 aliphatic carbocycles. The molecule has 0 bridgehead atoms. The predicted octanol–water partition coefficient (Wildman–Crippen LogP) is -0.480. The van der Waals surface area contributed by atoms with Crippen molar-refractivity contribution in [3.8, 4) is 0 Å². The summed E-state index contributed by atoms with van der Waals surface area (Å²) in [5, 5.41) is 11.8. The van der Waals surface area contributed by atoms with Gasteiger partial charge >= 0.3 is 0 Å². The number of aliphatic hydroxyl groups is 1. The lowest BCUT2D eigenvalue weighted by molar-refractivity contribution is 0.180. The van der Waals surface area contributed by atoms with E-state index in [-0.39, 0.29) is 7.43 Å². The molecule has 1 rings (SSSR count). The minimum absolute atomic E-state index is 0. The van der Waals surface area contributed by atoms with Crippen molar-refractivity contribution in [2.75, 3.05) is 39.3 Å². The Labute approximate surface area is 63.0 Å². The number of hydrogen-bond donors (Lipinski definition) is 2. The summed E-state index contributed by atoms with van der Waals surface area (Å²) < 4.78 is 0. The van der Waals surface area contributed by atoms with Gasteiger partial charge in [0.2, 0.25) is 0 Å². The molecule has 0 aromatic carbocycles. The van der Waals surface area contributed by atoms with Crippen LogP contribution in [0.25, 0.3) is 0 Å². The van der Waals surface area contributed by atoms with Gasteiger partial charge < -0.3 is 10.4 Å². The fourth-order valence-electron chi connectivity index (χ4n) is 1.08. The molecule has 1 aliphatic rings. The first-order valence-corrected chi connectivity index (χ1v) is 3.47. The van der Waals surface area contributed by atoms with Crippen LogP contribution in [0.4, 0.5) is 0 Å². The summed E-state index contributed by atoms with van der Waals surface area (Å²) in [6.45, 7) is 5.43. The largest absolute Gasteiger partial charge is 0.395 e. The van der Waals surface area contributed by atoms with Crippen LogP contribution in [0.15, 0.2) is 0 Å². The first-order chi connectivity index (χ1) is 4.43. The van der Waals surface area contributed by atoms with Gasteiger partial charge in [-0.3, -0.25) is 4.90 Å². The summed E-state index contributed by atoms with van der Waals surface area (Å²) in [6.07, 6.45) is 0. The maximum Gasteiger partial charge on any atom is 0.0558 e. The minimum Gasteiger partial charge on any atom is -0.395 e. The van der Waals surface area contributed by atoms with E-state index in [0.29, 0.717) is 6.61 Å². The van der Waals surface area contributed by atoms with Gasteiger partial charge in [0.15, 0.2) is 0 Å². The van der Waals surface area contributed by atoms with Crippen molar-refractivity contribution in [2.45, 2.75) is 7.43 Å². The minimum atomic E-state index is 0. The Kier molecular flexibility index (Phi) is 5.58. The van der Waals surface area contributed by atoms with E-state index in [2.05, 4.69) is 10.2 Å². The molecule has 1 saturated heterocycles. The van der Waals surface area contributed by atoms with Crippen molar-refractivity contribution in [3.63, 3.8) is 0 Å². The van der Waals surface area contributed by atoms with Gasteiger partial charge in [-0.2, -0.15) is 0 Å². The maximum atomic E-state index is 8.56. The topological polar surface area (TPSA) is 35.5 Å². The fourth-order valence-corrected chi connectivity index (χ4v) is 1.08. The Morgan fingerprint density at radius 2 is 1.90 bits per heavy atom. The fraction of sp³-hybridized carbons (Fsp3) is 1.00. The van der Waals surface area contributed by atoms with Gasteiger partial charge in [-0.1, -0.05) is 7.43 Å². The molecule has 0 atom stereocenters. The monoisotopic (exact) mass is 146 g/mol. The molecule has 0 amide bonds. The summed E-state index contributed by atoms with van der Waals surface area (Å²) in [4.78, 5) is 2.26. The SMILES string of the molecule is C.OCCN1CCNCC1. The summed E-state index contributed by atoms with van der Waals surface area (Å²) in [6, 6.07) is 0. The highest BCUT2D eigenvalue weighted by molar-refractivity contribution is 4.66. The zero-order valence-corrected chi connectivity index (χ0v) is 5.64. The van der Waals surface area contributed by atoms with Crippen molar-refractivity contribution >= 4 is 0 Å². The third-order valence-corrected chi connectivity index (χ3v) is 1.63. The molecule has 62 valence electrons. The third-order valence-electron chi connectivity index (χ3n) is 1.63. The lowest BCUT2D eigenvalue weighted by Crippen LogP contribution is -2.44. The van der Waals surface area contributed by atoms with Crippen LogP contribution in [0.5, 0.6) is 0 Å². The summed E-state index contributed by atoms with van der Waals surface area (Å²) in [5.41, 5.74) is 0. The normalized spacial score (nSPS) is 20.1. The van der Waals surface area contributed by atoms with Gasteiger partial charge in [0.1, 0.15) is 0 Å². The van der Waals surface area contributed by atoms with Crippen LogP contribution in [-0.4, -0.2) is 49.3 Å². The molecule has 3 heteroatoms. The van der Waals surface area contributed by atoms with E-state index in [0.717, 1.165) is 32.7 Å². The number of nitrogens with zero attached hydrogens (tertiary/aromatic N) is 1. The van der Waals surface area contributed by atoms with Crippen LogP contribution < -0.4 is 5.32 Å². The van der Waals surface area contributed by atoms with Crippen molar-refractivity contribution in [1.29, 1.82) is 0 Å². The highest BCUT2D eigenvalue weighted by Crippen LogP contribution is 1.88. The summed E-state index contributed by atoms with van der Waals surface area (Å²) >= 11 is 0. The van der Waals surface area contributed by atoms with E-state index in [1.807, 2.05) is 0 Å². The standard InChI is InChI=1S/C6H14N2O.CH4/c9-6-5-8-3-1-7-2-4-8;/h7,9H,1-6H2;1H4. The molecule has 0 unspecified atom stereocenters. The molecule has 1 fully saturated rings. The number of β-amino-alcohol motifs (C(OH)–C–C–N with tert-alkyl or cyclic N) is 1. The van der Waals surface area contributed by atoms with E-state index in [1.54, 1.807) is 0 Å². The maximum absolute atomic E-state index is 8.56. The average molecular weight is 146 g/mol. The molecule has 1 heterocycles. The molecular formula is C7H18N2O. The van der Waals surface area contributed by atoms with E-state index >= 15 is 0 Å². The highest BCUT2D eigenvalue weighted by Gasteiger charge is 2.06. The van der Waals surface area contributed by atoms with E-state index < -0.39 is 0 Å². The smallest absolute Gasteiger partial charge is 0.0558 e. The van der Waals surface area contributed by atoms with Crippen molar-refractivity contribution in [1.82, 2.24) is 10.2 Å². The van der Waals surface area contributed by atoms with Crippen LogP contribution in [-0.2, 0) is 0 Å². The molecule has 0 radical (unpaired) electrons. The zero-order valence-electron chi connectivity index (χ0n) is 5.64. The summed E-state index contributed by atoms with van der Waals surface area (Å²) in [5.74, 6) is 0. The van der Waals surface area contributed by atoms with Gasteiger partial charge in [-0.05, 0) is 0 Å². The van der Waals surface area contributed by atoms with Crippen LogP contribution in [0, 0.1) is 0 Å². The first-order valence-electron chi connectivity index (χ1n) is 3.47. The molecule has 2 N–H and O–H groups in total. The van der Waals surface area contributed by atoms with Gasteiger partial charge in [0, 0.05) is 32.7 Å². The van der Waals surface area contributed by atoms with E-state index in [1.165, 1.54) is 0 Å². The van der Waals surface area contributed by atoms with Gasteiger partial charge in [-0.15, -0.1) is 0 Å². The van der Waals surface area contributed by atoms with Crippen molar-refractivity contribution in [3.05, 3.63) is 0 Å². The van der Waals surface area contributed by atoms with Crippen LogP contribution in [0.1, 0.15) is 7.43 Å².